The van der Waals surface area contributed by atoms with Gasteiger partial charge >= 0.3 is 0 Å². The maximum absolute atomic E-state index is 12.6. The van der Waals surface area contributed by atoms with Gasteiger partial charge in [-0.3, -0.25) is 4.79 Å². The molecule has 0 radical (unpaired) electrons. The van der Waals surface area contributed by atoms with Crippen molar-refractivity contribution in [3.05, 3.63) is 48.0 Å². The molecule has 0 saturated carbocycles. The Morgan fingerprint density at radius 1 is 1.15 bits per heavy atom. The Hall–Kier alpha value is -2.58. The molecule has 0 saturated heterocycles. The number of amides is 1. The minimum absolute atomic E-state index is 0.0764. The maximum Gasteiger partial charge on any atom is 0.242 e. The van der Waals surface area contributed by atoms with Gasteiger partial charge < -0.3 is 14.8 Å². The third kappa shape index (κ3) is 5.45. The molecule has 0 fully saturated rings. The van der Waals surface area contributed by atoms with Crippen molar-refractivity contribution in [2.24, 2.45) is 0 Å². The highest BCUT2D eigenvalue weighted by Crippen LogP contribution is 2.22. The molecule has 2 N–H and O–H groups in total. The Balaban J connectivity index is 2.07. The summed E-state index contributed by atoms with van der Waals surface area (Å²) in [6.07, 6.45) is 0. The lowest BCUT2D eigenvalue weighted by Crippen LogP contribution is -2.41. The first-order valence-corrected chi connectivity index (χ1v) is 9.96. The molecule has 146 valence electrons. The second-order valence-corrected chi connectivity index (χ2v) is 7.64. The third-order valence-corrected chi connectivity index (χ3v) is 5.38. The predicted molar refractivity (Wildman–Crippen MR) is 104 cm³/mol. The fourth-order valence-electron chi connectivity index (χ4n) is 2.39. The smallest absolute Gasteiger partial charge is 0.242 e. The maximum atomic E-state index is 12.6. The molecular formula is C19H24N2O5S. The summed E-state index contributed by atoms with van der Waals surface area (Å²) in [6, 6.07) is 10.4. The van der Waals surface area contributed by atoms with Crippen LogP contribution in [0.2, 0.25) is 0 Å². The molecule has 0 bridgehead atoms. The lowest BCUT2D eigenvalue weighted by molar-refractivity contribution is -0.117. The predicted octanol–water partition coefficient (Wildman–Crippen LogP) is 2.71. The number of methoxy groups -OCH3 is 1. The molecule has 1 amide bonds. The zero-order valence-electron chi connectivity index (χ0n) is 15.8. The van der Waals surface area contributed by atoms with E-state index >= 15 is 0 Å². The number of aryl methyl sites for hydroxylation is 1. The highest BCUT2D eigenvalue weighted by molar-refractivity contribution is 7.89. The third-order valence-electron chi connectivity index (χ3n) is 3.84. The van der Waals surface area contributed by atoms with Gasteiger partial charge in [-0.15, -0.1) is 0 Å². The molecule has 0 heterocycles. The summed E-state index contributed by atoms with van der Waals surface area (Å²) in [6.45, 7) is 5.60. The zero-order valence-corrected chi connectivity index (χ0v) is 16.6. The number of benzene rings is 2. The van der Waals surface area contributed by atoms with Gasteiger partial charge in [-0.05, 0) is 68.8 Å². The Morgan fingerprint density at radius 3 is 2.37 bits per heavy atom. The summed E-state index contributed by atoms with van der Waals surface area (Å²) in [7, 11) is -2.30. The van der Waals surface area contributed by atoms with Crippen LogP contribution in [-0.2, 0) is 14.8 Å². The van der Waals surface area contributed by atoms with E-state index in [1.807, 2.05) is 6.92 Å². The van der Waals surface area contributed by atoms with Crippen molar-refractivity contribution >= 4 is 21.6 Å². The summed E-state index contributed by atoms with van der Waals surface area (Å²) in [5.41, 5.74) is 1.25. The molecule has 27 heavy (non-hydrogen) atoms. The van der Waals surface area contributed by atoms with Crippen molar-refractivity contribution in [1.82, 2.24) is 4.72 Å². The largest absolute Gasteiger partial charge is 0.497 e. The van der Waals surface area contributed by atoms with E-state index in [2.05, 4.69) is 10.0 Å². The minimum Gasteiger partial charge on any atom is -0.497 e. The topological polar surface area (TPSA) is 93.7 Å². The molecule has 1 atom stereocenters. The zero-order chi connectivity index (χ0) is 20.0. The van der Waals surface area contributed by atoms with Gasteiger partial charge in [0.15, 0.2) is 0 Å². The number of hydrogen-bond donors (Lipinski definition) is 2. The van der Waals surface area contributed by atoms with Crippen molar-refractivity contribution in [1.29, 1.82) is 0 Å². The van der Waals surface area contributed by atoms with Crippen molar-refractivity contribution in [3.63, 3.8) is 0 Å². The monoisotopic (exact) mass is 392 g/mol. The van der Waals surface area contributed by atoms with Gasteiger partial charge in [-0.25, -0.2) is 8.42 Å². The van der Waals surface area contributed by atoms with Gasteiger partial charge in [0.1, 0.15) is 11.5 Å². The van der Waals surface area contributed by atoms with E-state index in [9.17, 15) is 13.2 Å². The van der Waals surface area contributed by atoms with Crippen molar-refractivity contribution in [2.45, 2.75) is 31.7 Å². The molecule has 2 aromatic rings. The molecule has 7 nitrogen and oxygen atoms in total. The van der Waals surface area contributed by atoms with Crippen molar-refractivity contribution in [2.75, 3.05) is 19.0 Å². The lowest BCUT2D eigenvalue weighted by Gasteiger charge is -2.15. The fourth-order valence-corrected chi connectivity index (χ4v) is 3.67. The fraction of sp³-hybridized carbons (Fsp3) is 0.316. The first kappa shape index (κ1) is 20.7. The second-order valence-electron chi connectivity index (χ2n) is 5.92. The van der Waals surface area contributed by atoms with Crippen LogP contribution in [-0.4, -0.2) is 34.1 Å². The second kappa shape index (κ2) is 8.88. The van der Waals surface area contributed by atoms with E-state index in [1.54, 1.807) is 44.4 Å². The van der Waals surface area contributed by atoms with Gasteiger partial charge in [0.25, 0.3) is 0 Å². The molecule has 0 aliphatic carbocycles. The van der Waals surface area contributed by atoms with E-state index in [0.29, 0.717) is 29.4 Å². The number of carbonyl (C=O) groups excluding carboxylic acids is 1. The lowest BCUT2D eigenvalue weighted by atomic mass is 10.2. The number of rotatable bonds is 8. The molecule has 2 rings (SSSR count). The summed E-state index contributed by atoms with van der Waals surface area (Å²) >= 11 is 0. The van der Waals surface area contributed by atoms with Crippen LogP contribution in [0, 0.1) is 6.92 Å². The van der Waals surface area contributed by atoms with E-state index in [0.717, 1.165) is 0 Å². The molecule has 0 unspecified atom stereocenters. The average molecular weight is 392 g/mol. The van der Waals surface area contributed by atoms with Gasteiger partial charge in [0.2, 0.25) is 15.9 Å². The van der Waals surface area contributed by atoms with Crippen LogP contribution in [0.1, 0.15) is 19.4 Å². The van der Waals surface area contributed by atoms with Crippen LogP contribution in [0.15, 0.2) is 47.4 Å². The van der Waals surface area contributed by atoms with Gasteiger partial charge in [0.05, 0.1) is 24.7 Å². The molecular weight excluding hydrogens is 368 g/mol. The SMILES string of the molecule is CCOc1ccc(S(=O)(=O)N[C@@H](C)C(=O)Nc2ccc(OC)cc2)cc1C. The van der Waals surface area contributed by atoms with E-state index in [1.165, 1.54) is 19.1 Å². The molecule has 8 heteroatoms. The number of hydrogen-bond acceptors (Lipinski definition) is 5. The van der Waals surface area contributed by atoms with Gasteiger partial charge in [-0.2, -0.15) is 4.72 Å². The quantitative estimate of drug-likeness (QED) is 0.720. The van der Waals surface area contributed by atoms with E-state index in [-0.39, 0.29) is 4.90 Å². The van der Waals surface area contributed by atoms with Gasteiger partial charge in [-0.1, -0.05) is 0 Å². The normalized spacial score (nSPS) is 12.3. The van der Waals surface area contributed by atoms with Crippen molar-refractivity contribution < 1.29 is 22.7 Å². The van der Waals surface area contributed by atoms with E-state index < -0.39 is 22.0 Å². The van der Waals surface area contributed by atoms with Crippen LogP contribution in [0.25, 0.3) is 0 Å². The Labute approximate surface area is 159 Å². The summed E-state index contributed by atoms with van der Waals surface area (Å²) in [5.74, 6) is 0.820. The highest BCUT2D eigenvalue weighted by atomic mass is 32.2. The molecule has 0 aromatic heterocycles. The number of sulfonamides is 1. The highest BCUT2D eigenvalue weighted by Gasteiger charge is 2.22. The Morgan fingerprint density at radius 2 is 1.81 bits per heavy atom. The molecule has 0 aliphatic heterocycles. The van der Waals surface area contributed by atoms with Gasteiger partial charge in [0, 0.05) is 5.69 Å². The number of ether oxygens (including phenoxy) is 2. The molecule has 0 aliphatic rings. The average Bonchev–Trinajstić information content (AvgIpc) is 2.63. The number of carbonyl (C=O) groups is 1. The van der Waals surface area contributed by atoms with Crippen LogP contribution >= 0.6 is 0 Å². The minimum atomic E-state index is -3.85. The summed E-state index contributed by atoms with van der Waals surface area (Å²) in [5, 5.41) is 2.66. The first-order valence-electron chi connectivity index (χ1n) is 8.47. The standard InChI is InChI=1S/C19H24N2O5S/c1-5-26-18-11-10-17(12-13(18)2)27(23,24)21-14(3)19(22)20-15-6-8-16(25-4)9-7-15/h6-12,14,21H,5H2,1-4H3,(H,20,22)/t14-/m0/s1. The number of nitrogens with one attached hydrogen (secondary N) is 2. The number of anilines is 1. The summed E-state index contributed by atoms with van der Waals surface area (Å²) < 4.78 is 38.0. The van der Waals surface area contributed by atoms with E-state index in [4.69, 9.17) is 9.47 Å². The Kier molecular flexibility index (Phi) is 6.81. The van der Waals surface area contributed by atoms with Crippen LogP contribution in [0.3, 0.4) is 0 Å². The van der Waals surface area contributed by atoms with Crippen LogP contribution in [0.4, 0.5) is 5.69 Å². The Bertz CT molecular complexity index is 895. The molecule has 0 spiro atoms. The first-order chi connectivity index (χ1) is 12.8. The van der Waals surface area contributed by atoms with Crippen molar-refractivity contribution in [3.8, 4) is 11.5 Å². The van der Waals surface area contributed by atoms with Crippen LogP contribution < -0.4 is 19.5 Å². The molecule has 2 aromatic carbocycles. The summed E-state index contributed by atoms with van der Waals surface area (Å²) in [4.78, 5) is 12.4. The van der Waals surface area contributed by atoms with Crippen LogP contribution in [0.5, 0.6) is 11.5 Å².